The van der Waals surface area contributed by atoms with E-state index in [1.165, 1.54) is 16.8 Å². The van der Waals surface area contributed by atoms with Crippen LogP contribution in [0, 0.1) is 18.3 Å². The Balaban J connectivity index is 2.15. The summed E-state index contributed by atoms with van der Waals surface area (Å²) in [4.78, 5) is 0. The molecule has 0 atom stereocenters. The van der Waals surface area contributed by atoms with Crippen molar-refractivity contribution in [3.63, 3.8) is 0 Å². The molecule has 0 aliphatic rings. The lowest BCUT2D eigenvalue weighted by Crippen LogP contribution is -2.03. The number of benzene rings is 2. The fourth-order valence-electron chi connectivity index (χ4n) is 2.18. The predicted molar refractivity (Wildman–Crippen MR) is 86.7 cm³/mol. The third-order valence-corrected chi connectivity index (χ3v) is 3.88. The van der Waals surface area contributed by atoms with E-state index in [4.69, 9.17) is 5.26 Å². The van der Waals surface area contributed by atoms with E-state index in [0.717, 1.165) is 23.0 Å². The van der Waals surface area contributed by atoms with Gasteiger partial charge in [0.2, 0.25) is 0 Å². The summed E-state index contributed by atoms with van der Waals surface area (Å²) in [5.41, 5.74) is 5.54. The van der Waals surface area contributed by atoms with E-state index in [2.05, 4.69) is 46.4 Å². The van der Waals surface area contributed by atoms with Crippen molar-refractivity contribution in [2.75, 3.05) is 5.32 Å². The average molecular weight is 329 g/mol. The zero-order valence-electron chi connectivity index (χ0n) is 11.7. The summed E-state index contributed by atoms with van der Waals surface area (Å²) in [6.07, 6.45) is 0.994. The molecule has 0 aliphatic heterocycles. The van der Waals surface area contributed by atoms with Crippen molar-refractivity contribution >= 4 is 21.6 Å². The quantitative estimate of drug-likeness (QED) is 0.874. The van der Waals surface area contributed by atoms with Crippen molar-refractivity contribution in [2.45, 2.75) is 26.8 Å². The molecular formula is C17H17BrN2. The normalized spacial score (nSPS) is 10.1. The highest BCUT2D eigenvalue weighted by molar-refractivity contribution is 9.10. The fraction of sp³-hybridized carbons (Fsp3) is 0.235. The van der Waals surface area contributed by atoms with Crippen LogP contribution in [0.1, 0.15) is 29.2 Å². The van der Waals surface area contributed by atoms with Crippen molar-refractivity contribution in [1.29, 1.82) is 5.26 Å². The zero-order chi connectivity index (χ0) is 14.5. The minimum absolute atomic E-state index is 0.712. The van der Waals surface area contributed by atoms with E-state index >= 15 is 0 Å². The van der Waals surface area contributed by atoms with Crippen LogP contribution in [-0.4, -0.2) is 0 Å². The van der Waals surface area contributed by atoms with Gasteiger partial charge in [-0.25, -0.2) is 0 Å². The van der Waals surface area contributed by atoms with Gasteiger partial charge in [-0.15, -0.1) is 0 Å². The van der Waals surface area contributed by atoms with Crippen LogP contribution in [0.25, 0.3) is 0 Å². The molecule has 0 saturated carbocycles. The Hall–Kier alpha value is -1.79. The van der Waals surface area contributed by atoms with Gasteiger partial charge in [0.25, 0.3) is 0 Å². The number of anilines is 1. The van der Waals surface area contributed by atoms with Gasteiger partial charge in [0.05, 0.1) is 11.6 Å². The van der Waals surface area contributed by atoms with Gasteiger partial charge in [0.15, 0.2) is 0 Å². The van der Waals surface area contributed by atoms with Crippen LogP contribution >= 0.6 is 15.9 Å². The second-order valence-corrected chi connectivity index (χ2v) is 5.68. The monoisotopic (exact) mass is 328 g/mol. The Bertz CT molecular complexity index is 657. The number of rotatable bonds is 4. The Labute approximate surface area is 128 Å². The molecule has 0 bridgehead atoms. The molecule has 0 amide bonds. The molecule has 0 saturated heterocycles. The number of aryl methyl sites for hydroxylation is 2. The Morgan fingerprint density at radius 3 is 2.60 bits per heavy atom. The minimum atomic E-state index is 0.712. The molecule has 2 rings (SSSR count). The largest absolute Gasteiger partial charge is 0.381 e. The Kier molecular flexibility index (Phi) is 4.81. The summed E-state index contributed by atoms with van der Waals surface area (Å²) in [6.45, 7) is 4.96. The summed E-state index contributed by atoms with van der Waals surface area (Å²) in [7, 11) is 0. The molecule has 2 nitrogen and oxygen atoms in total. The number of hydrogen-bond donors (Lipinski definition) is 1. The van der Waals surface area contributed by atoms with Crippen molar-refractivity contribution in [3.05, 3.63) is 63.1 Å². The number of hydrogen-bond acceptors (Lipinski definition) is 2. The third kappa shape index (κ3) is 3.40. The summed E-state index contributed by atoms with van der Waals surface area (Å²) in [5.74, 6) is 0. The van der Waals surface area contributed by atoms with Gasteiger partial charge in [0.1, 0.15) is 0 Å². The Morgan fingerprint density at radius 1 is 1.15 bits per heavy atom. The topological polar surface area (TPSA) is 35.8 Å². The van der Waals surface area contributed by atoms with Gasteiger partial charge < -0.3 is 5.32 Å². The van der Waals surface area contributed by atoms with Gasteiger partial charge in [0, 0.05) is 16.7 Å². The van der Waals surface area contributed by atoms with E-state index in [1.54, 1.807) is 0 Å². The SMILES string of the molecule is CCc1cc(Br)ccc1NCc1ccc(C#N)cc1C. The van der Waals surface area contributed by atoms with Crippen molar-refractivity contribution < 1.29 is 0 Å². The fourth-order valence-corrected chi connectivity index (χ4v) is 2.59. The molecule has 2 aromatic carbocycles. The molecule has 20 heavy (non-hydrogen) atoms. The molecule has 0 aromatic heterocycles. The molecule has 102 valence electrons. The highest BCUT2D eigenvalue weighted by Crippen LogP contribution is 2.22. The van der Waals surface area contributed by atoms with Crippen molar-refractivity contribution in [2.24, 2.45) is 0 Å². The van der Waals surface area contributed by atoms with Gasteiger partial charge in [-0.05, 0) is 60.4 Å². The predicted octanol–water partition coefficient (Wildman–Crippen LogP) is 4.80. The number of nitrogens with one attached hydrogen (secondary N) is 1. The summed E-state index contributed by atoms with van der Waals surface area (Å²) < 4.78 is 1.11. The van der Waals surface area contributed by atoms with Gasteiger partial charge in [-0.1, -0.05) is 28.9 Å². The lowest BCUT2D eigenvalue weighted by atomic mass is 10.0. The van der Waals surface area contributed by atoms with Crippen molar-refractivity contribution in [1.82, 2.24) is 0 Å². The van der Waals surface area contributed by atoms with Crippen LogP contribution in [0.3, 0.4) is 0 Å². The van der Waals surface area contributed by atoms with E-state index in [-0.39, 0.29) is 0 Å². The molecule has 0 heterocycles. The standard InChI is InChI=1S/C17H17BrN2/c1-3-14-9-16(18)6-7-17(14)20-11-15-5-4-13(10-19)8-12(15)2/h4-9,20H,3,11H2,1-2H3. The number of nitrogens with zero attached hydrogens (tertiary/aromatic N) is 1. The zero-order valence-corrected chi connectivity index (χ0v) is 13.3. The molecule has 2 aromatic rings. The molecule has 1 N–H and O–H groups in total. The maximum Gasteiger partial charge on any atom is 0.0991 e. The van der Waals surface area contributed by atoms with Crippen LogP contribution in [0.15, 0.2) is 40.9 Å². The van der Waals surface area contributed by atoms with Gasteiger partial charge in [-0.3, -0.25) is 0 Å². The Morgan fingerprint density at radius 2 is 1.95 bits per heavy atom. The summed E-state index contributed by atoms with van der Waals surface area (Å²) in [5, 5.41) is 12.4. The molecular weight excluding hydrogens is 312 g/mol. The van der Waals surface area contributed by atoms with Gasteiger partial charge >= 0.3 is 0 Å². The number of nitriles is 1. The smallest absolute Gasteiger partial charge is 0.0991 e. The van der Waals surface area contributed by atoms with E-state index in [0.29, 0.717) is 5.56 Å². The summed E-state index contributed by atoms with van der Waals surface area (Å²) in [6, 6.07) is 14.3. The van der Waals surface area contributed by atoms with Crippen LogP contribution in [0.4, 0.5) is 5.69 Å². The minimum Gasteiger partial charge on any atom is -0.381 e. The van der Waals surface area contributed by atoms with E-state index in [1.807, 2.05) is 31.2 Å². The van der Waals surface area contributed by atoms with Crippen LogP contribution in [-0.2, 0) is 13.0 Å². The second-order valence-electron chi connectivity index (χ2n) is 4.76. The molecule has 0 aliphatic carbocycles. The van der Waals surface area contributed by atoms with Gasteiger partial charge in [-0.2, -0.15) is 5.26 Å². The second kappa shape index (κ2) is 6.58. The average Bonchev–Trinajstić information content (AvgIpc) is 2.46. The molecule has 0 unspecified atom stereocenters. The highest BCUT2D eigenvalue weighted by atomic mass is 79.9. The summed E-state index contributed by atoms with van der Waals surface area (Å²) >= 11 is 3.50. The molecule has 3 heteroatoms. The van der Waals surface area contributed by atoms with Crippen molar-refractivity contribution in [3.8, 4) is 6.07 Å². The first-order valence-corrected chi connectivity index (χ1v) is 7.45. The van der Waals surface area contributed by atoms with Crippen LogP contribution in [0.5, 0.6) is 0 Å². The maximum absolute atomic E-state index is 8.89. The molecule has 0 radical (unpaired) electrons. The highest BCUT2D eigenvalue weighted by Gasteiger charge is 2.04. The van der Waals surface area contributed by atoms with E-state index in [9.17, 15) is 0 Å². The first-order valence-electron chi connectivity index (χ1n) is 6.66. The first-order chi connectivity index (χ1) is 9.63. The molecule has 0 spiro atoms. The number of halogens is 1. The first kappa shape index (κ1) is 14.6. The lowest BCUT2D eigenvalue weighted by molar-refractivity contribution is 1.08. The lowest BCUT2D eigenvalue weighted by Gasteiger charge is -2.13. The van der Waals surface area contributed by atoms with Crippen LogP contribution in [0.2, 0.25) is 0 Å². The van der Waals surface area contributed by atoms with E-state index < -0.39 is 0 Å². The maximum atomic E-state index is 8.89. The molecule has 0 fully saturated rings. The third-order valence-electron chi connectivity index (χ3n) is 3.39. The van der Waals surface area contributed by atoms with Crippen LogP contribution < -0.4 is 5.32 Å².